The smallest absolute Gasteiger partial charge is 0.264 e. The average Bonchev–Trinajstić information content (AvgIpc) is 2.65. The molecule has 0 radical (unpaired) electrons. The Morgan fingerprint density at radius 3 is 2.16 bits per heavy atom. The molecule has 2 aromatic carbocycles. The summed E-state index contributed by atoms with van der Waals surface area (Å²) in [5.41, 5.74) is 0.797. The Labute approximate surface area is 193 Å². The fraction of sp³-hybridized carbons (Fsp3) is 0.480. The quantitative estimate of drug-likeness (QED) is 0.576. The number of nitrogens with one attached hydrogen (secondary N) is 1. The minimum atomic E-state index is -4.00. The van der Waals surface area contributed by atoms with Crippen molar-refractivity contribution in [2.45, 2.75) is 65.3 Å². The van der Waals surface area contributed by atoms with Crippen LogP contribution in [0, 0.1) is 12.3 Å². The number of nitrogens with zero attached hydrogens (tertiary/aromatic N) is 1. The summed E-state index contributed by atoms with van der Waals surface area (Å²) < 4.78 is 34.1. The Hall–Kier alpha value is -2.54. The van der Waals surface area contributed by atoms with Gasteiger partial charge in [0.15, 0.2) is 0 Å². The van der Waals surface area contributed by atoms with E-state index in [4.69, 9.17) is 4.74 Å². The lowest BCUT2D eigenvalue weighted by molar-refractivity contribution is -0.121. The van der Waals surface area contributed by atoms with Gasteiger partial charge in [0.25, 0.3) is 10.0 Å². The zero-order valence-electron chi connectivity index (χ0n) is 20.2. The van der Waals surface area contributed by atoms with Crippen LogP contribution in [-0.2, 0) is 14.8 Å². The molecule has 0 aliphatic carbocycles. The molecule has 2 rings (SSSR count). The Bertz CT molecular complexity index is 1020. The highest BCUT2D eigenvalue weighted by molar-refractivity contribution is 7.92. The van der Waals surface area contributed by atoms with Crippen LogP contribution >= 0.6 is 0 Å². The van der Waals surface area contributed by atoms with Crippen molar-refractivity contribution in [2.24, 2.45) is 5.41 Å². The largest absolute Gasteiger partial charge is 0.492 e. The van der Waals surface area contributed by atoms with Gasteiger partial charge >= 0.3 is 0 Å². The molecule has 0 aliphatic heterocycles. The lowest BCUT2D eigenvalue weighted by Gasteiger charge is -2.34. The molecule has 176 valence electrons. The number of carbonyl (C=O) groups excluding carboxylic acids is 1. The third kappa shape index (κ3) is 6.99. The van der Waals surface area contributed by atoms with Gasteiger partial charge in [-0.05, 0) is 63.8 Å². The summed E-state index contributed by atoms with van der Waals surface area (Å²) in [5, 5.41) is 3.01. The van der Waals surface area contributed by atoms with E-state index in [1.165, 1.54) is 0 Å². The second kappa shape index (κ2) is 9.94. The topological polar surface area (TPSA) is 75.7 Å². The number of hydrogen-bond acceptors (Lipinski definition) is 4. The highest BCUT2D eigenvalue weighted by atomic mass is 32.2. The van der Waals surface area contributed by atoms with Crippen molar-refractivity contribution in [3.05, 3.63) is 54.1 Å². The predicted octanol–water partition coefficient (Wildman–Crippen LogP) is 4.92. The normalized spacial score (nSPS) is 12.3. The minimum Gasteiger partial charge on any atom is -0.492 e. The molecule has 0 saturated carbocycles. The summed E-state index contributed by atoms with van der Waals surface area (Å²) in [6.07, 6.45) is 0.742. The highest BCUT2D eigenvalue weighted by Crippen LogP contribution is 2.33. The summed E-state index contributed by atoms with van der Waals surface area (Å²) in [4.78, 5) is 13.2. The summed E-state index contributed by atoms with van der Waals surface area (Å²) in [5.74, 6) is 0.0358. The number of benzene rings is 2. The minimum absolute atomic E-state index is 0.00596. The summed E-state index contributed by atoms with van der Waals surface area (Å²) >= 11 is 0. The van der Waals surface area contributed by atoms with Crippen LogP contribution in [0.25, 0.3) is 0 Å². The van der Waals surface area contributed by atoms with Crippen molar-refractivity contribution in [1.29, 1.82) is 0 Å². The van der Waals surface area contributed by atoms with Gasteiger partial charge in [0.1, 0.15) is 12.3 Å². The highest BCUT2D eigenvalue weighted by Gasteiger charge is 2.32. The van der Waals surface area contributed by atoms with E-state index in [9.17, 15) is 13.2 Å². The molecule has 0 aromatic heterocycles. The van der Waals surface area contributed by atoms with Crippen LogP contribution in [0.2, 0.25) is 0 Å². The van der Waals surface area contributed by atoms with Gasteiger partial charge in [-0.2, -0.15) is 0 Å². The molecule has 0 unspecified atom stereocenters. The second-order valence-electron chi connectivity index (χ2n) is 9.89. The van der Waals surface area contributed by atoms with E-state index in [0.717, 1.165) is 16.3 Å². The van der Waals surface area contributed by atoms with Crippen LogP contribution < -0.4 is 14.4 Å². The molecule has 32 heavy (non-hydrogen) atoms. The van der Waals surface area contributed by atoms with E-state index in [1.807, 2.05) is 27.7 Å². The zero-order valence-corrected chi connectivity index (χ0v) is 21.0. The molecular formula is C25H36N2O4S. The number of aryl methyl sites for hydroxylation is 1. The van der Waals surface area contributed by atoms with Gasteiger partial charge in [-0.1, -0.05) is 50.6 Å². The first-order valence-electron chi connectivity index (χ1n) is 10.9. The maximum absolute atomic E-state index is 13.6. The molecule has 0 bridgehead atoms. The van der Waals surface area contributed by atoms with Gasteiger partial charge in [0.2, 0.25) is 5.91 Å². The van der Waals surface area contributed by atoms with E-state index >= 15 is 0 Å². The van der Waals surface area contributed by atoms with Crippen LogP contribution in [-0.4, -0.2) is 33.0 Å². The Balaban J connectivity index is 2.46. The first kappa shape index (κ1) is 25.7. The molecule has 1 amide bonds. The number of sulfonamides is 1. The second-order valence-corrected chi connectivity index (χ2v) is 11.8. The summed E-state index contributed by atoms with van der Waals surface area (Å²) in [6.45, 7) is 14.0. The maximum Gasteiger partial charge on any atom is 0.264 e. The van der Waals surface area contributed by atoms with Crippen molar-refractivity contribution in [2.75, 3.05) is 17.5 Å². The Morgan fingerprint density at radius 2 is 1.59 bits per heavy atom. The molecule has 0 saturated heterocycles. The molecule has 7 heteroatoms. The van der Waals surface area contributed by atoms with Crippen molar-refractivity contribution >= 4 is 21.6 Å². The van der Waals surface area contributed by atoms with E-state index < -0.39 is 15.6 Å². The van der Waals surface area contributed by atoms with Crippen molar-refractivity contribution in [1.82, 2.24) is 5.32 Å². The molecular weight excluding hydrogens is 424 g/mol. The number of amides is 1. The molecule has 0 fully saturated rings. The third-order valence-corrected chi connectivity index (χ3v) is 6.55. The van der Waals surface area contributed by atoms with E-state index in [0.29, 0.717) is 18.0 Å². The molecule has 0 aliphatic rings. The molecule has 2 aromatic rings. The zero-order chi connectivity index (χ0) is 24.2. The van der Waals surface area contributed by atoms with Crippen molar-refractivity contribution in [3.8, 4) is 5.75 Å². The lowest BCUT2D eigenvalue weighted by atomic mass is 9.82. The molecule has 0 heterocycles. The van der Waals surface area contributed by atoms with Crippen molar-refractivity contribution in [3.63, 3.8) is 0 Å². The average molecular weight is 461 g/mol. The van der Waals surface area contributed by atoms with Gasteiger partial charge in [-0.3, -0.25) is 9.10 Å². The van der Waals surface area contributed by atoms with Gasteiger partial charge in [0.05, 0.1) is 17.2 Å². The Morgan fingerprint density at radius 1 is 1.00 bits per heavy atom. The van der Waals surface area contributed by atoms with E-state index in [2.05, 4.69) is 26.1 Å². The number of rotatable bonds is 9. The Kier molecular flexibility index (Phi) is 7.99. The van der Waals surface area contributed by atoms with Crippen molar-refractivity contribution < 1.29 is 17.9 Å². The summed E-state index contributed by atoms with van der Waals surface area (Å²) in [6, 6.07) is 13.5. The standard InChI is InChI=1S/C25H36N2O4S/c1-8-31-22-12-10-9-11-21(22)27(32(29,30)20-15-13-19(2)14-16-20)17-23(28)26-25(6,7)18-24(3,4)5/h9-16H,8,17-18H2,1-7H3,(H,26,28). The number of carbonyl (C=O) groups is 1. The molecule has 0 atom stereocenters. The van der Waals surface area contributed by atoms with Crippen LogP contribution in [0.1, 0.15) is 53.5 Å². The fourth-order valence-corrected chi connectivity index (χ4v) is 5.43. The SMILES string of the molecule is CCOc1ccccc1N(CC(=O)NC(C)(C)CC(C)(C)C)S(=O)(=O)c1ccc(C)cc1. The predicted molar refractivity (Wildman–Crippen MR) is 130 cm³/mol. The molecule has 1 N–H and O–H groups in total. The number of ether oxygens (including phenoxy) is 1. The number of hydrogen-bond donors (Lipinski definition) is 1. The van der Waals surface area contributed by atoms with Crippen LogP contribution in [0.15, 0.2) is 53.4 Å². The third-order valence-electron chi connectivity index (χ3n) is 4.78. The number of anilines is 1. The monoisotopic (exact) mass is 460 g/mol. The van der Waals surface area contributed by atoms with E-state index in [1.54, 1.807) is 48.5 Å². The van der Waals surface area contributed by atoms with Crippen LogP contribution in [0.3, 0.4) is 0 Å². The van der Waals surface area contributed by atoms with E-state index in [-0.39, 0.29) is 22.8 Å². The van der Waals surface area contributed by atoms with Gasteiger partial charge < -0.3 is 10.1 Å². The van der Waals surface area contributed by atoms with Crippen LogP contribution in [0.4, 0.5) is 5.69 Å². The first-order chi connectivity index (χ1) is 14.7. The maximum atomic E-state index is 13.6. The first-order valence-corrected chi connectivity index (χ1v) is 12.3. The van der Waals surface area contributed by atoms with Gasteiger partial charge in [0, 0.05) is 5.54 Å². The fourth-order valence-electron chi connectivity index (χ4n) is 4.00. The van der Waals surface area contributed by atoms with Gasteiger partial charge in [-0.15, -0.1) is 0 Å². The number of para-hydroxylation sites is 2. The van der Waals surface area contributed by atoms with Gasteiger partial charge in [-0.25, -0.2) is 8.42 Å². The lowest BCUT2D eigenvalue weighted by Crippen LogP contribution is -2.50. The molecule has 6 nitrogen and oxygen atoms in total. The summed E-state index contributed by atoms with van der Waals surface area (Å²) in [7, 11) is -4.00. The molecule has 0 spiro atoms. The van der Waals surface area contributed by atoms with Crippen LogP contribution in [0.5, 0.6) is 5.75 Å².